The van der Waals surface area contributed by atoms with Gasteiger partial charge in [-0.3, -0.25) is 4.55 Å². The second-order valence-electron chi connectivity index (χ2n) is 4.91. The van der Waals surface area contributed by atoms with Crippen LogP contribution in [0.4, 0.5) is 0 Å². The summed E-state index contributed by atoms with van der Waals surface area (Å²) in [5, 5.41) is 1.34. The van der Waals surface area contributed by atoms with Crippen molar-refractivity contribution < 1.29 is 13.0 Å². The second-order valence-corrected chi connectivity index (χ2v) is 6.27. The zero-order chi connectivity index (χ0) is 14.9. The van der Waals surface area contributed by atoms with Gasteiger partial charge in [-0.2, -0.15) is 8.42 Å². The first-order valence-electron chi connectivity index (χ1n) is 6.58. The SMILES string of the molecule is O=S(=O)(O)c1c(Cc2ccccc2)ccc2ccccc12. The maximum absolute atomic E-state index is 11.8. The predicted molar refractivity (Wildman–Crippen MR) is 83.0 cm³/mol. The van der Waals surface area contributed by atoms with Crippen LogP contribution in [0.3, 0.4) is 0 Å². The standard InChI is InChI=1S/C17H14O3S/c18-21(19,20)17-15(12-13-6-2-1-3-7-13)11-10-14-8-4-5-9-16(14)17/h1-11H,12H2,(H,18,19,20). The number of hydrogen-bond acceptors (Lipinski definition) is 2. The molecule has 21 heavy (non-hydrogen) atoms. The minimum atomic E-state index is -4.28. The van der Waals surface area contributed by atoms with Crippen LogP contribution in [0.5, 0.6) is 0 Å². The summed E-state index contributed by atoms with van der Waals surface area (Å²) in [6, 6.07) is 20.4. The molecule has 3 aromatic carbocycles. The van der Waals surface area contributed by atoms with Gasteiger partial charge in [0.05, 0.1) is 0 Å². The van der Waals surface area contributed by atoms with Crippen molar-refractivity contribution in [2.75, 3.05) is 0 Å². The van der Waals surface area contributed by atoms with Gasteiger partial charge in [0.15, 0.2) is 0 Å². The Morgan fingerprint density at radius 3 is 2.19 bits per heavy atom. The van der Waals surface area contributed by atoms with Crippen molar-refractivity contribution in [1.82, 2.24) is 0 Å². The van der Waals surface area contributed by atoms with Crippen LogP contribution >= 0.6 is 0 Å². The lowest BCUT2D eigenvalue weighted by atomic mass is 10.0. The van der Waals surface area contributed by atoms with E-state index in [1.54, 1.807) is 18.2 Å². The van der Waals surface area contributed by atoms with Crippen molar-refractivity contribution in [3.05, 3.63) is 77.9 Å². The molecule has 0 atom stereocenters. The van der Waals surface area contributed by atoms with Gasteiger partial charge in [-0.1, -0.05) is 66.7 Å². The molecule has 0 aliphatic rings. The molecule has 3 nitrogen and oxygen atoms in total. The lowest BCUT2D eigenvalue weighted by molar-refractivity contribution is 0.483. The lowest BCUT2D eigenvalue weighted by Gasteiger charge is -2.11. The topological polar surface area (TPSA) is 54.4 Å². The molecule has 0 radical (unpaired) electrons. The molecular formula is C17H14O3S. The molecule has 0 amide bonds. The van der Waals surface area contributed by atoms with Crippen LogP contribution in [0.2, 0.25) is 0 Å². The largest absolute Gasteiger partial charge is 0.295 e. The second kappa shape index (κ2) is 5.31. The molecule has 4 heteroatoms. The van der Waals surface area contributed by atoms with E-state index in [4.69, 9.17) is 0 Å². The van der Waals surface area contributed by atoms with Gasteiger partial charge in [0.25, 0.3) is 10.1 Å². The van der Waals surface area contributed by atoms with E-state index in [-0.39, 0.29) is 4.90 Å². The lowest BCUT2D eigenvalue weighted by Crippen LogP contribution is -2.05. The third kappa shape index (κ3) is 2.82. The van der Waals surface area contributed by atoms with Crippen molar-refractivity contribution >= 4 is 20.9 Å². The molecule has 0 spiro atoms. The zero-order valence-corrected chi connectivity index (χ0v) is 12.0. The van der Waals surface area contributed by atoms with E-state index >= 15 is 0 Å². The Morgan fingerprint density at radius 1 is 0.810 bits per heavy atom. The van der Waals surface area contributed by atoms with Crippen molar-refractivity contribution in [3.63, 3.8) is 0 Å². The highest BCUT2D eigenvalue weighted by atomic mass is 32.2. The summed E-state index contributed by atoms with van der Waals surface area (Å²) < 4.78 is 33.2. The minimum Gasteiger partial charge on any atom is -0.282 e. The molecule has 0 saturated carbocycles. The van der Waals surface area contributed by atoms with Crippen LogP contribution in [-0.4, -0.2) is 13.0 Å². The van der Waals surface area contributed by atoms with Crippen LogP contribution in [0.15, 0.2) is 71.6 Å². The smallest absolute Gasteiger partial charge is 0.282 e. The Kier molecular flexibility index (Phi) is 3.49. The van der Waals surface area contributed by atoms with Crippen LogP contribution in [0.1, 0.15) is 11.1 Å². The quantitative estimate of drug-likeness (QED) is 0.750. The zero-order valence-electron chi connectivity index (χ0n) is 11.2. The number of benzene rings is 3. The summed E-state index contributed by atoms with van der Waals surface area (Å²) in [5.74, 6) is 0. The minimum absolute atomic E-state index is 0.00412. The molecule has 1 N–H and O–H groups in total. The Balaban J connectivity index is 2.23. The molecule has 0 unspecified atom stereocenters. The van der Waals surface area contributed by atoms with E-state index in [0.29, 0.717) is 17.4 Å². The Bertz CT molecular complexity index is 884. The Morgan fingerprint density at radius 2 is 1.48 bits per heavy atom. The Hall–Kier alpha value is -2.17. The third-order valence-corrected chi connectivity index (χ3v) is 4.45. The summed E-state index contributed by atoms with van der Waals surface area (Å²) in [6.45, 7) is 0. The van der Waals surface area contributed by atoms with Gasteiger partial charge < -0.3 is 0 Å². The van der Waals surface area contributed by atoms with Crippen molar-refractivity contribution in [2.45, 2.75) is 11.3 Å². The molecule has 106 valence electrons. The molecule has 3 aromatic rings. The van der Waals surface area contributed by atoms with E-state index in [1.165, 1.54) is 0 Å². The average molecular weight is 298 g/mol. The molecule has 0 heterocycles. The average Bonchev–Trinajstić information content (AvgIpc) is 2.47. The van der Waals surface area contributed by atoms with Gasteiger partial charge in [-0.05, 0) is 22.9 Å². The van der Waals surface area contributed by atoms with Crippen molar-refractivity contribution in [3.8, 4) is 0 Å². The highest BCUT2D eigenvalue weighted by molar-refractivity contribution is 7.86. The fourth-order valence-corrected chi connectivity index (χ4v) is 3.48. The van der Waals surface area contributed by atoms with Crippen molar-refractivity contribution in [2.24, 2.45) is 0 Å². The molecule has 0 bridgehead atoms. The maximum Gasteiger partial charge on any atom is 0.295 e. The van der Waals surface area contributed by atoms with Gasteiger partial charge >= 0.3 is 0 Å². The molecule has 0 aliphatic heterocycles. The summed E-state index contributed by atoms with van der Waals surface area (Å²) in [7, 11) is -4.28. The van der Waals surface area contributed by atoms with E-state index in [0.717, 1.165) is 10.9 Å². The first-order valence-corrected chi connectivity index (χ1v) is 8.02. The van der Waals surface area contributed by atoms with Crippen LogP contribution in [-0.2, 0) is 16.5 Å². The highest BCUT2D eigenvalue weighted by Gasteiger charge is 2.19. The van der Waals surface area contributed by atoms with Gasteiger partial charge in [0, 0.05) is 5.39 Å². The maximum atomic E-state index is 11.8. The summed E-state index contributed by atoms with van der Waals surface area (Å²) >= 11 is 0. The Labute approximate surface area is 123 Å². The van der Waals surface area contributed by atoms with Crippen LogP contribution < -0.4 is 0 Å². The molecule has 3 rings (SSSR count). The predicted octanol–water partition coefficient (Wildman–Crippen LogP) is 3.68. The van der Waals surface area contributed by atoms with E-state index in [2.05, 4.69) is 0 Å². The van der Waals surface area contributed by atoms with Gasteiger partial charge in [-0.15, -0.1) is 0 Å². The fourth-order valence-electron chi connectivity index (χ4n) is 2.55. The summed E-state index contributed by atoms with van der Waals surface area (Å²) in [5.41, 5.74) is 1.60. The van der Waals surface area contributed by atoms with Crippen LogP contribution in [0, 0.1) is 0 Å². The number of hydrogen-bond donors (Lipinski definition) is 1. The normalized spacial score (nSPS) is 11.7. The molecule has 0 aromatic heterocycles. The first-order chi connectivity index (χ1) is 10.1. The summed E-state index contributed by atoms with van der Waals surface area (Å²) in [4.78, 5) is 0.00412. The van der Waals surface area contributed by atoms with E-state index in [9.17, 15) is 13.0 Å². The molecule has 0 saturated heterocycles. The van der Waals surface area contributed by atoms with Crippen LogP contribution in [0.25, 0.3) is 10.8 Å². The number of rotatable bonds is 3. The molecule has 0 fully saturated rings. The number of fused-ring (bicyclic) bond motifs is 1. The highest BCUT2D eigenvalue weighted by Crippen LogP contribution is 2.28. The first kappa shape index (κ1) is 13.8. The van der Waals surface area contributed by atoms with Gasteiger partial charge in [-0.25, -0.2) is 0 Å². The molecular weight excluding hydrogens is 284 g/mol. The van der Waals surface area contributed by atoms with Gasteiger partial charge in [0.2, 0.25) is 0 Å². The monoisotopic (exact) mass is 298 g/mol. The third-order valence-electron chi connectivity index (χ3n) is 3.46. The fraction of sp³-hybridized carbons (Fsp3) is 0.0588. The van der Waals surface area contributed by atoms with E-state index in [1.807, 2.05) is 48.5 Å². The van der Waals surface area contributed by atoms with Crippen molar-refractivity contribution in [1.29, 1.82) is 0 Å². The van der Waals surface area contributed by atoms with Gasteiger partial charge in [0.1, 0.15) is 4.90 Å². The van der Waals surface area contributed by atoms with E-state index < -0.39 is 10.1 Å². The summed E-state index contributed by atoms with van der Waals surface area (Å²) in [6.07, 6.45) is 0.459. The molecule has 0 aliphatic carbocycles.